The van der Waals surface area contributed by atoms with Gasteiger partial charge in [-0.15, -0.1) is 11.8 Å². The second-order valence-electron chi connectivity index (χ2n) is 8.75. The summed E-state index contributed by atoms with van der Waals surface area (Å²) < 4.78 is 0. The normalized spacial score (nSPS) is 38.9. The van der Waals surface area contributed by atoms with Crippen molar-refractivity contribution < 1.29 is 10.2 Å². The molecule has 1 unspecified atom stereocenters. The van der Waals surface area contributed by atoms with Gasteiger partial charge in [-0.2, -0.15) is 0 Å². The van der Waals surface area contributed by atoms with Gasteiger partial charge in [0.05, 0.1) is 6.10 Å². The van der Waals surface area contributed by atoms with Crippen LogP contribution in [0.1, 0.15) is 69.4 Å². The fourth-order valence-electron chi connectivity index (χ4n) is 6.51. The molecule has 0 heterocycles. The average molecular weight is 338 g/mol. The van der Waals surface area contributed by atoms with Gasteiger partial charge in [0.15, 0.2) is 0 Å². The van der Waals surface area contributed by atoms with Crippen LogP contribution in [-0.4, -0.2) is 16.3 Å². The molecule has 0 aliphatic heterocycles. The van der Waals surface area contributed by atoms with E-state index >= 15 is 0 Å². The molecule has 2 N–H and O–H groups in total. The molecule has 134 valence electrons. The second-order valence-corrected chi connectivity index (χ2v) is 8.75. The maximum Gasteiger partial charge on any atom is 0.115 e. The number of aliphatic hydroxyl groups is 1. The Bertz CT molecular complexity index is 713. The van der Waals surface area contributed by atoms with Crippen LogP contribution in [0.5, 0.6) is 5.75 Å². The molecule has 0 amide bonds. The Hall–Kier alpha value is -1.46. The van der Waals surface area contributed by atoms with E-state index < -0.39 is 0 Å². The number of hydrogen-bond donors (Lipinski definition) is 2. The zero-order chi connectivity index (χ0) is 17.6. The molecule has 3 aliphatic carbocycles. The van der Waals surface area contributed by atoms with Crippen molar-refractivity contribution in [2.75, 3.05) is 0 Å². The van der Waals surface area contributed by atoms with Crippen molar-refractivity contribution >= 4 is 0 Å². The van der Waals surface area contributed by atoms with Gasteiger partial charge in [-0.05, 0) is 97.8 Å². The first kappa shape index (κ1) is 17.0. The van der Waals surface area contributed by atoms with Gasteiger partial charge < -0.3 is 10.2 Å². The molecule has 4 rings (SSSR count). The van der Waals surface area contributed by atoms with Gasteiger partial charge >= 0.3 is 0 Å². The number of phenolic OH excluding ortho intramolecular Hbond substituents is 1. The van der Waals surface area contributed by atoms with E-state index in [1.807, 2.05) is 19.1 Å². The zero-order valence-electron chi connectivity index (χ0n) is 15.5. The molecule has 3 aliphatic rings. The van der Waals surface area contributed by atoms with Crippen molar-refractivity contribution in [3.05, 3.63) is 29.3 Å². The van der Waals surface area contributed by atoms with E-state index in [0.717, 1.165) is 32.1 Å². The molecule has 1 aromatic rings. The molecular weight excluding hydrogens is 308 g/mol. The van der Waals surface area contributed by atoms with Crippen molar-refractivity contribution in [3.8, 4) is 17.6 Å². The Morgan fingerprint density at radius 3 is 2.88 bits per heavy atom. The van der Waals surface area contributed by atoms with Gasteiger partial charge in [0, 0.05) is 6.42 Å². The Morgan fingerprint density at radius 2 is 2.08 bits per heavy atom. The van der Waals surface area contributed by atoms with Crippen LogP contribution in [0.3, 0.4) is 0 Å². The molecule has 2 nitrogen and oxygen atoms in total. The van der Waals surface area contributed by atoms with Gasteiger partial charge in [0.25, 0.3) is 0 Å². The van der Waals surface area contributed by atoms with Crippen molar-refractivity contribution in [3.63, 3.8) is 0 Å². The number of aromatic hydroxyl groups is 1. The summed E-state index contributed by atoms with van der Waals surface area (Å²) in [6.07, 6.45) is 7.46. The van der Waals surface area contributed by atoms with Crippen molar-refractivity contribution in [1.82, 2.24) is 0 Å². The monoisotopic (exact) mass is 338 g/mol. The van der Waals surface area contributed by atoms with E-state index in [1.54, 1.807) is 0 Å². The molecule has 2 heteroatoms. The minimum atomic E-state index is -0.139. The van der Waals surface area contributed by atoms with Crippen LogP contribution in [0.15, 0.2) is 18.2 Å². The molecule has 6 atom stereocenters. The lowest BCUT2D eigenvalue weighted by atomic mass is 9.51. The van der Waals surface area contributed by atoms with E-state index in [9.17, 15) is 10.2 Å². The van der Waals surface area contributed by atoms with Crippen LogP contribution in [0, 0.1) is 35.0 Å². The van der Waals surface area contributed by atoms with E-state index in [1.165, 1.54) is 24.0 Å². The summed E-state index contributed by atoms with van der Waals surface area (Å²) in [6, 6.07) is 6.02. The number of aliphatic hydroxyl groups excluding tert-OH is 1. The predicted molar refractivity (Wildman–Crippen MR) is 100 cm³/mol. The summed E-state index contributed by atoms with van der Waals surface area (Å²) in [4.78, 5) is 0. The molecule has 0 spiro atoms. The topological polar surface area (TPSA) is 40.5 Å². The second kappa shape index (κ2) is 6.36. The number of fused-ring (bicyclic) bond motifs is 5. The molecule has 0 radical (unpaired) electrons. The quantitative estimate of drug-likeness (QED) is 0.771. The maximum absolute atomic E-state index is 10.7. The Kier molecular flexibility index (Phi) is 4.32. The summed E-state index contributed by atoms with van der Waals surface area (Å²) in [5.41, 5.74) is 2.89. The van der Waals surface area contributed by atoms with E-state index in [2.05, 4.69) is 24.8 Å². The van der Waals surface area contributed by atoms with Crippen molar-refractivity contribution in [2.24, 2.45) is 23.2 Å². The Labute approximate surface area is 151 Å². The van der Waals surface area contributed by atoms with Gasteiger partial charge in [-0.25, -0.2) is 0 Å². The first-order chi connectivity index (χ1) is 12.0. The van der Waals surface area contributed by atoms with Crippen LogP contribution >= 0.6 is 0 Å². The maximum atomic E-state index is 10.7. The van der Waals surface area contributed by atoms with Crippen LogP contribution in [0.25, 0.3) is 0 Å². The lowest BCUT2D eigenvalue weighted by Gasteiger charge is -2.54. The molecule has 0 saturated heterocycles. The molecule has 25 heavy (non-hydrogen) atoms. The van der Waals surface area contributed by atoms with Crippen LogP contribution in [0.2, 0.25) is 0 Å². The largest absolute Gasteiger partial charge is 0.508 e. The lowest BCUT2D eigenvalue weighted by Crippen LogP contribution is -2.47. The minimum absolute atomic E-state index is 0.0832. The molecular formula is C23H30O2. The Morgan fingerprint density at radius 1 is 1.24 bits per heavy atom. The molecule has 2 saturated carbocycles. The summed E-state index contributed by atoms with van der Waals surface area (Å²) in [6.45, 7) is 4.26. The van der Waals surface area contributed by atoms with Gasteiger partial charge in [0.1, 0.15) is 5.75 Å². The van der Waals surface area contributed by atoms with Crippen LogP contribution in [0.4, 0.5) is 0 Å². The van der Waals surface area contributed by atoms with Gasteiger partial charge in [0.2, 0.25) is 0 Å². The highest BCUT2D eigenvalue weighted by molar-refractivity contribution is 5.40. The number of benzene rings is 1. The highest BCUT2D eigenvalue weighted by Gasteiger charge is 2.57. The lowest BCUT2D eigenvalue weighted by molar-refractivity contribution is -0.0494. The smallest absolute Gasteiger partial charge is 0.115 e. The fourth-order valence-corrected chi connectivity index (χ4v) is 6.51. The molecule has 2 fully saturated rings. The predicted octanol–water partition coefficient (Wildman–Crippen LogP) is 4.64. The molecule has 0 bridgehead atoms. The first-order valence-corrected chi connectivity index (χ1v) is 9.94. The molecule has 1 aromatic carbocycles. The summed E-state index contributed by atoms with van der Waals surface area (Å²) in [5, 5.41) is 20.6. The van der Waals surface area contributed by atoms with E-state index in [-0.39, 0.29) is 11.5 Å². The highest BCUT2D eigenvalue weighted by Crippen LogP contribution is 2.63. The standard InChI is InChI=1S/C23H30O2/c1-3-4-5-6-16-14-23(2)20(11-12-21(23)25)19-9-7-15-13-17(24)8-10-18(15)22(16)19/h8,10,13,16,19-22,24-25H,5-7,9,11-12,14H2,1-2H3/t16-,19-,20-,21-,22?,23-/m0/s1. The summed E-state index contributed by atoms with van der Waals surface area (Å²) in [5.74, 6) is 9.16. The van der Waals surface area contributed by atoms with Gasteiger partial charge in [-0.3, -0.25) is 0 Å². The number of rotatable bonds is 2. The number of hydrogen-bond acceptors (Lipinski definition) is 2. The average Bonchev–Trinajstić information content (AvgIpc) is 2.89. The summed E-state index contributed by atoms with van der Waals surface area (Å²) in [7, 11) is 0. The zero-order valence-corrected chi connectivity index (χ0v) is 15.5. The van der Waals surface area contributed by atoms with E-state index in [0.29, 0.717) is 29.4 Å². The Balaban J connectivity index is 1.73. The number of phenols is 1. The van der Waals surface area contributed by atoms with Gasteiger partial charge in [-0.1, -0.05) is 13.0 Å². The third-order valence-corrected chi connectivity index (χ3v) is 7.60. The van der Waals surface area contributed by atoms with Crippen molar-refractivity contribution in [2.45, 2.75) is 70.8 Å². The van der Waals surface area contributed by atoms with Crippen LogP contribution < -0.4 is 0 Å². The van der Waals surface area contributed by atoms with Crippen LogP contribution in [-0.2, 0) is 6.42 Å². The fraction of sp³-hybridized carbons (Fsp3) is 0.652. The molecule has 0 aromatic heterocycles. The first-order valence-electron chi connectivity index (χ1n) is 9.94. The highest BCUT2D eigenvalue weighted by atomic mass is 16.3. The summed E-state index contributed by atoms with van der Waals surface area (Å²) >= 11 is 0. The minimum Gasteiger partial charge on any atom is -0.508 e. The third-order valence-electron chi connectivity index (χ3n) is 7.60. The van der Waals surface area contributed by atoms with Crippen molar-refractivity contribution in [1.29, 1.82) is 0 Å². The third kappa shape index (κ3) is 2.68. The number of aryl methyl sites for hydroxylation is 1. The van der Waals surface area contributed by atoms with E-state index in [4.69, 9.17) is 0 Å². The SMILES string of the molecule is CC#CCC[C@H]1C[C@]2(C)[C@@H](O)CC[C@H]2[C@@H]2CCc3cc(O)ccc3C12.